The van der Waals surface area contributed by atoms with Crippen molar-refractivity contribution in [2.45, 2.75) is 0 Å². The number of hydrogen-bond donors (Lipinski definition) is 1. The van der Waals surface area contributed by atoms with Crippen LogP contribution in [-0.2, 0) is 0 Å². The van der Waals surface area contributed by atoms with Gasteiger partial charge in [0.1, 0.15) is 11.3 Å². The SMILES string of the molecule is O=C(Nc1cccc(-c2nc3c(ccc4ccccc43)o2)c1)c1ccc(-c2cccc(Cl)c2Cl)o1. The molecule has 0 atom stereocenters. The summed E-state index contributed by atoms with van der Waals surface area (Å²) in [7, 11) is 0. The Kier molecular flexibility index (Phi) is 5.29. The van der Waals surface area contributed by atoms with E-state index in [9.17, 15) is 4.79 Å². The van der Waals surface area contributed by atoms with Crippen molar-refractivity contribution in [1.82, 2.24) is 4.98 Å². The van der Waals surface area contributed by atoms with Crippen LogP contribution in [0, 0.1) is 0 Å². The van der Waals surface area contributed by atoms with Gasteiger partial charge in [-0.15, -0.1) is 0 Å². The molecule has 6 aromatic rings. The number of nitrogens with zero attached hydrogens (tertiary/aromatic N) is 1. The number of carbonyl (C=O) groups excluding carboxylic acids is 1. The fourth-order valence-electron chi connectivity index (χ4n) is 4.01. The molecule has 2 heterocycles. The van der Waals surface area contributed by atoms with E-state index in [-0.39, 0.29) is 5.76 Å². The zero-order chi connectivity index (χ0) is 23.9. The van der Waals surface area contributed by atoms with E-state index in [2.05, 4.69) is 5.32 Å². The van der Waals surface area contributed by atoms with Crippen molar-refractivity contribution < 1.29 is 13.6 Å². The first kappa shape index (κ1) is 21.5. The van der Waals surface area contributed by atoms with Crippen molar-refractivity contribution in [3.63, 3.8) is 0 Å². The van der Waals surface area contributed by atoms with Gasteiger partial charge in [-0.3, -0.25) is 4.79 Å². The molecule has 0 fully saturated rings. The van der Waals surface area contributed by atoms with E-state index in [1.54, 1.807) is 36.4 Å². The van der Waals surface area contributed by atoms with Crippen molar-refractivity contribution >= 4 is 56.7 Å². The van der Waals surface area contributed by atoms with E-state index in [0.717, 1.165) is 21.9 Å². The van der Waals surface area contributed by atoms with Crippen LogP contribution in [-0.4, -0.2) is 10.9 Å². The molecule has 0 bridgehead atoms. The highest BCUT2D eigenvalue weighted by Gasteiger charge is 2.16. The summed E-state index contributed by atoms with van der Waals surface area (Å²) in [6.07, 6.45) is 0. The van der Waals surface area contributed by atoms with Crippen molar-refractivity contribution in [1.29, 1.82) is 0 Å². The van der Waals surface area contributed by atoms with Gasteiger partial charge < -0.3 is 14.2 Å². The number of carbonyl (C=O) groups is 1. The molecule has 5 nitrogen and oxygen atoms in total. The number of oxazole rings is 1. The molecule has 0 radical (unpaired) electrons. The average Bonchev–Trinajstić information content (AvgIpc) is 3.54. The van der Waals surface area contributed by atoms with E-state index in [0.29, 0.717) is 38.5 Å². The lowest BCUT2D eigenvalue weighted by Gasteiger charge is -2.05. The van der Waals surface area contributed by atoms with Crippen molar-refractivity contribution in [2.75, 3.05) is 5.32 Å². The maximum atomic E-state index is 12.8. The van der Waals surface area contributed by atoms with Gasteiger partial charge in [0, 0.05) is 22.2 Å². The number of furan rings is 1. The standard InChI is InChI=1S/C28H16Cl2N2O3/c29-21-10-4-9-20(25(21)30)22-13-14-24(34-22)27(33)31-18-7-3-6-17(15-18)28-32-26-19-8-2-1-5-16(19)11-12-23(26)35-28/h1-15H,(H,31,33). The molecule has 170 valence electrons. The summed E-state index contributed by atoms with van der Waals surface area (Å²) in [5.74, 6) is 0.684. The highest BCUT2D eigenvalue weighted by atomic mass is 35.5. The maximum absolute atomic E-state index is 12.8. The summed E-state index contributed by atoms with van der Waals surface area (Å²) in [5.41, 5.74) is 3.45. The highest BCUT2D eigenvalue weighted by Crippen LogP contribution is 2.35. The van der Waals surface area contributed by atoms with E-state index in [1.165, 1.54) is 0 Å². The molecule has 1 amide bonds. The van der Waals surface area contributed by atoms with Gasteiger partial charge in [0.05, 0.1) is 10.0 Å². The molecular formula is C28H16Cl2N2O3. The Morgan fingerprint density at radius 1 is 0.829 bits per heavy atom. The first-order chi connectivity index (χ1) is 17.1. The number of anilines is 1. The van der Waals surface area contributed by atoms with Crippen LogP contribution in [0.15, 0.2) is 99.8 Å². The summed E-state index contributed by atoms with van der Waals surface area (Å²) in [6, 6.07) is 27.8. The molecule has 6 rings (SSSR count). The fraction of sp³-hybridized carbons (Fsp3) is 0. The molecule has 0 aliphatic rings. The first-order valence-electron chi connectivity index (χ1n) is 10.8. The van der Waals surface area contributed by atoms with Crippen LogP contribution in [0.25, 0.3) is 44.7 Å². The number of amides is 1. The number of rotatable bonds is 4. The molecule has 2 aromatic heterocycles. The summed E-state index contributed by atoms with van der Waals surface area (Å²) in [6.45, 7) is 0. The topological polar surface area (TPSA) is 68.3 Å². The van der Waals surface area contributed by atoms with E-state index in [1.807, 2.05) is 54.6 Å². The van der Waals surface area contributed by atoms with Crippen LogP contribution in [0.3, 0.4) is 0 Å². The monoisotopic (exact) mass is 498 g/mol. The Morgan fingerprint density at radius 3 is 2.60 bits per heavy atom. The molecule has 0 unspecified atom stereocenters. The molecule has 0 aliphatic carbocycles. The zero-order valence-corrected chi connectivity index (χ0v) is 19.6. The molecule has 1 N–H and O–H groups in total. The van der Waals surface area contributed by atoms with Gasteiger partial charge in [-0.2, -0.15) is 0 Å². The number of aromatic nitrogens is 1. The Hall–Kier alpha value is -4.06. The molecule has 0 spiro atoms. The van der Waals surface area contributed by atoms with E-state index >= 15 is 0 Å². The Balaban J connectivity index is 1.27. The molecule has 0 saturated carbocycles. The van der Waals surface area contributed by atoms with Gasteiger partial charge in [-0.05, 0) is 53.9 Å². The van der Waals surface area contributed by atoms with Gasteiger partial charge in [-0.25, -0.2) is 4.98 Å². The summed E-state index contributed by atoms with van der Waals surface area (Å²) >= 11 is 12.4. The zero-order valence-electron chi connectivity index (χ0n) is 18.1. The molecule has 7 heteroatoms. The van der Waals surface area contributed by atoms with Gasteiger partial charge in [0.25, 0.3) is 5.91 Å². The normalized spacial score (nSPS) is 11.3. The van der Waals surface area contributed by atoms with Gasteiger partial charge in [0.2, 0.25) is 5.89 Å². The Labute approximate surface area is 209 Å². The van der Waals surface area contributed by atoms with Crippen molar-refractivity contribution in [3.8, 4) is 22.8 Å². The Morgan fingerprint density at radius 2 is 1.69 bits per heavy atom. The third-order valence-corrected chi connectivity index (χ3v) is 6.52. The van der Waals surface area contributed by atoms with E-state index in [4.69, 9.17) is 37.0 Å². The molecule has 35 heavy (non-hydrogen) atoms. The molecular weight excluding hydrogens is 483 g/mol. The van der Waals surface area contributed by atoms with Crippen LogP contribution in [0.1, 0.15) is 10.6 Å². The number of hydrogen-bond acceptors (Lipinski definition) is 4. The van der Waals surface area contributed by atoms with Gasteiger partial charge in [0.15, 0.2) is 11.3 Å². The fourth-order valence-corrected chi connectivity index (χ4v) is 4.40. The predicted molar refractivity (Wildman–Crippen MR) is 139 cm³/mol. The second-order valence-corrected chi connectivity index (χ2v) is 8.74. The minimum Gasteiger partial charge on any atom is -0.451 e. The largest absolute Gasteiger partial charge is 0.451 e. The quantitative estimate of drug-likeness (QED) is 0.264. The molecule has 4 aromatic carbocycles. The number of nitrogens with one attached hydrogen (secondary N) is 1. The van der Waals surface area contributed by atoms with Crippen LogP contribution >= 0.6 is 23.2 Å². The van der Waals surface area contributed by atoms with Crippen LogP contribution in [0.5, 0.6) is 0 Å². The summed E-state index contributed by atoms with van der Waals surface area (Å²) in [5, 5.41) is 5.76. The lowest BCUT2D eigenvalue weighted by molar-refractivity contribution is 0.0997. The smallest absolute Gasteiger partial charge is 0.291 e. The van der Waals surface area contributed by atoms with Gasteiger partial charge >= 0.3 is 0 Å². The minimum atomic E-state index is -0.393. The number of halogens is 2. The van der Waals surface area contributed by atoms with Crippen LogP contribution in [0.2, 0.25) is 10.0 Å². The number of fused-ring (bicyclic) bond motifs is 3. The second-order valence-electron chi connectivity index (χ2n) is 7.95. The summed E-state index contributed by atoms with van der Waals surface area (Å²) in [4.78, 5) is 17.6. The minimum absolute atomic E-state index is 0.148. The summed E-state index contributed by atoms with van der Waals surface area (Å²) < 4.78 is 11.8. The van der Waals surface area contributed by atoms with Crippen molar-refractivity contribution in [3.05, 3.63) is 107 Å². The molecule has 0 aliphatic heterocycles. The predicted octanol–water partition coefficient (Wildman–Crippen LogP) is 8.47. The Bertz CT molecular complexity index is 1740. The average molecular weight is 499 g/mol. The molecule has 0 saturated heterocycles. The van der Waals surface area contributed by atoms with Gasteiger partial charge in [-0.1, -0.05) is 65.7 Å². The third kappa shape index (κ3) is 3.95. The number of benzene rings is 4. The highest BCUT2D eigenvalue weighted by molar-refractivity contribution is 6.43. The second kappa shape index (κ2) is 8.62. The lowest BCUT2D eigenvalue weighted by atomic mass is 10.1. The van der Waals surface area contributed by atoms with Crippen LogP contribution < -0.4 is 5.32 Å². The maximum Gasteiger partial charge on any atom is 0.291 e. The lowest BCUT2D eigenvalue weighted by Crippen LogP contribution is -2.10. The van der Waals surface area contributed by atoms with E-state index < -0.39 is 5.91 Å². The first-order valence-corrected chi connectivity index (χ1v) is 11.6. The third-order valence-electron chi connectivity index (χ3n) is 5.70. The van der Waals surface area contributed by atoms with Crippen molar-refractivity contribution in [2.24, 2.45) is 0 Å². The van der Waals surface area contributed by atoms with Crippen LogP contribution in [0.4, 0.5) is 5.69 Å².